The van der Waals surface area contributed by atoms with Crippen LogP contribution in [0, 0.1) is 0 Å². The number of sulfonamides is 1. The molecule has 0 aliphatic rings. The zero-order valence-electron chi connectivity index (χ0n) is 10.9. The molecule has 1 atom stereocenters. The lowest BCUT2D eigenvalue weighted by Gasteiger charge is -2.13. The second-order valence-electron chi connectivity index (χ2n) is 4.02. The number of ether oxygens (including phenoxy) is 1. The highest BCUT2D eigenvalue weighted by Crippen LogP contribution is 2.21. The Labute approximate surface area is 120 Å². The lowest BCUT2D eigenvalue weighted by atomic mass is 10.1. The summed E-state index contributed by atoms with van der Waals surface area (Å²) in [5.41, 5.74) is 6.20. The summed E-state index contributed by atoms with van der Waals surface area (Å²) in [5.74, 6) is 0.709. The van der Waals surface area contributed by atoms with E-state index in [-0.39, 0.29) is 9.47 Å². The summed E-state index contributed by atoms with van der Waals surface area (Å²) in [6.07, 6.45) is 0. The van der Waals surface area contributed by atoms with Gasteiger partial charge in [-0.15, -0.1) is 10.2 Å². The summed E-state index contributed by atoms with van der Waals surface area (Å²) in [4.78, 5) is 0. The van der Waals surface area contributed by atoms with Gasteiger partial charge in [-0.2, -0.15) is 0 Å². The molecule has 0 radical (unpaired) electrons. The number of rotatable bonds is 5. The Morgan fingerprint density at radius 2 is 1.95 bits per heavy atom. The Balaban J connectivity index is 2.15. The van der Waals surface area contributed by atoms with Gasteiger partial charge in [-0.05, 0) is 24.6 Å². The first-order chi connectivity index (χ1) is 9.42. The van der Waals surface area contributed by atoms with Crippen molar-refractivity contribution in [2.75, 3.05) is 12.8 Å². The summed E-state index contributed by atoms with van der Waals surface area (Å²) < 4.78 is 31.6. The molecule has 1 aromatic carbocycles. The molecule has 0 aliphatic heterocycles. The standard InChI is InChI=1S/C11H14N4O3S2/c1-7(8-3-5-9(18-2)6-4-8)15-20(16,17)11-14-13-10(12)19-11/h3-7,15H,1-2H3,(H2,12,13). The molecule has 9 heteroatoms. The van der Waals surface area contributed by atoms with Crippen LogP contribution in [0.25, 0.3) is 0 Å². The Morgan fingerprint density at radius 1 is 1.30 bits per heavy atom. The Bertz CT molecular complexity index is 682. The zero-order valence-corrected chi connectivity index (χ0v) is 12.5. The van der Waals surface area contributed by atoms with Gasteiger partial charge in [0, 0.05) is 6.04 Å². The van der Waals surface area contributed by atoms with Gasteiger partial charge >= 0.3 is 0 Å². The predicted molar refractivity (Wildman–Crippen MR) is 76.1 cm³/mol. The van der Waals surface area contributed by atoms with Crippen LogP contribution in [0.3, 0.4) is 0 Å². The lowest BCUT2D eigenvalue weighted by Crippen LogP contribution is -2.26. The molecule has 0 saturated heterocycles. The second-order valence-corrected chi connectivity index (χ2v) is 6.92. The molecule has 20 heavy (non-hydrogen) atoms. The first kappa shape index (κ1) is 14.7. The molecule has 0 saturated carbocycles. The molecule has 0 aliphatic carbocycles. The van der Waals surface area contributed by atoms with Crippen molar-refractivity contribution in [3.8, 4) is 5.75 Å². The number of hydrogen-bond acceptors (Lipinski definition) is 7. The molecule has 108 valence electrons. The first-order valence-electron chi connectivity index (χ1n) is 5.67. The molecule has 3 N–H and O–H groups in total. The average molecular weight is 314 g/mol. The van der Waals surface area contributed by atoms with Crippen LogP contribution in [0.4, 0.5) is 5.13 Å². The van der Waals surface area contributed by atoms with Crippen molar-refractivity contribution in [3.05, 3.63) is 29.8 Å². The van der Waals surface area contributed by atoms with Crippen LogP contribution in [0.1, 0.15) is 18.5 Å². The number of benzene rings is 1. The molecule has 0 amide bonds. The second kappa shape index (κ2) is 5.73. The van der Waals surface area contributed by atoms with Gasteiger partial charge < -0.3 is 10.5 Å². The summed E-state index contributed by atoms with van der Waals surface area (Å²) in [5, 5.41) is 7.14. The normalized spacial score (nSPS) is 13.1. The van der Waals surface area contributed by atoms with Crippen LogP contribution in [0.2, 0.25) is 0 Å². The minimum atomic E-state index is -3.72. The highest BCUT2D eigenvalue weighted by Gasteiger charge is 2.22. The maximum atomic E-state index is 12.1. The third-order valence-electron chi connectivity index (χ3n) is 2.60. The number of aromatic nitrogens is 2. The van der Waals surface area contributed by atoms with E-state index in [2.05, 4.69) is 14.9 Å². The van der Waals surface area contributed by atoms with Gasteiger partial charge in [0.25, 0.3) is 10.0 Å². The van der Waals surface area contributed by atoms with Crippen LogP contribution in [-0.4, -0.2) is 25.7 Å². The van der Waals surface area contributed by atoms with Gasteiger partial charge in [0.15, 0.2) is 0 Å². The monoisotopic (exact) mass is 314 g/mol. The maximum absolute atomic E-state index is 12.1. The van der Waals surface area contributed by atoms with Gasteiger partial charge in [0.05, 0.1) is 7.11 Å². The average Bonchev–Trinajstić information content (AvgIpc) is 2.86. The highest BCUT2D eigenvalue weighted by atomic mass is 32.2. The fourth-order valence-electron chi connectivity index (χ4n) is 1.57. The van der Waals surface area contributed by atoms with Crippen molar-refractivity contribution < 1.29 is 13.2 Å². The highest BCUT2D eigenvalue weighted by molar-refractivity contribution is 7.91. The minimum Gasteiger partial charge on any atom is -0.497 e. The first-order valence-corrected chi connectivity index (χ1v) is 7.97. The quantitative estimate of drug-likeness (QED) is 0.858. The largest absolute Gasteiger partial charge is 0.497 e. The van der Waals surface area contributed by atoms with E-state index >= 15 is 0 Å². The van der Waals surface area contributed by atoms with E-state index in [1.54, 1.807) is 38.3 Å². The number of hydrogen-bond donors (Lipinski definition) is 2. The number of nitrogens with zero attached hydrogens (tertiary/aromatic N) is 2. The maximum Gasteiger partial charge on any atom is 0.270 e. The van der Waals surface area contributed by atoms with Crippen molar-refractivity contribution in [3.63, 3.8) is 0 Å². The van der Waals surface area contributed by atoms with E-state index in [0.29, 0.717) is 5.75 Å². The molecule has 0 fully saturated rings. The van der Waals surface area contributed by atoms with E-state index in [1.807, 2.05) is 0 Å². The number of nitrogens with one attached hydrogen (secondary N) is 1. The van der Waals surface area contributed by atoms with Crippen molar-refractivity contribution in [2.24, 2.45) is 0 Å². The smallest absolute Gasteiger partial charge is 0.270 e. The van der Waals surface area contributed by atoms with Crippen LogP contribution in [-0.2, 0) is 10.0 Å². The van der Waals surface area contributed by atoms with E-state index in [0.717, 1.165) is 16.9 Å². The number of nitrogen functional groups attached to an aromatic ring is 1. The Kier molecular flexibility index (Phi) is 4.21. The van der Waals surface area contributed by atoms with Gasteiger partial charge in [-0.3, -0.25) is 0 Å². The summed E-state index contributed by atoms with van der Waals surface area (Å²) in [6, 6.07) is 6.71. The van der Waals surface area contributed by atoms with E-state index < -0.39 is 16.1 Å². The SMILES string of the molecule is COc1ccc(C(C)NS(=O)(=O)c2nnc(N)s2)cc1. The lowest BCUT2D eigenvalue weighted by molar-refractivity contribution is 0.414. The zero-order chi connectivity index (χ0) is 14.8. The fourth-order valence-corrected chi connectivity index (χ4v) is 3.60. The van der Waals surface area contributed by atoms with Gasteiger partial charge in [0.2, 0.25) is 9.47 Å². The molecule has 7 nitrogen and oxygen atoms in total. The number of methoxy groups -OCH3 is 1. The molecule has 2 aromatic rings. The summed E-state index contributed by atoms with van der Waals surface area (Å²) in [7, 11) is -2.15. The predicted octanol–water partition coefficient (Wildman–Crippen LogP) is 1.17. The molecular formula is C11H14N4O3S2. The Morgan fingerprint density at radius 3 is 2.45 bits per heavy atom. The number of nitrogens with two attached hydrogens (primary N) is 1. The molecule has 1 heterocycles. The topological polar surface area (TPSA) is 107 Å². The van der Waals surface area contributed by atoms with E-state index in [4.69, 9.17) is 10.5 Å². The van der Waals surface area contributed by atoms with Gasteiger partial charge in [0.1, 0.15) is 5.75 Å². The van der Waals surface area contributed by atoms with Crippen molar-refractivity contribution in [1.29, 1.82) is 0 Å². The molecule has 1 unspecified atom stereocenters. The minimum absolute atomic E-state index is 0.113. The van der Waals surface area contributed by atoms with Crippen molar-refractivity contribution in [2.45, 2.75) is 17.3 Å². The van der Waals surface area contributed by atoms with Gasteiger partial charge in [-0.1, -0.05) is 23.5 Å². The van der Waals surface area contributed by atoms with Crippen LogP contribution in [0.15, 0.2) is 28.6 Å². The summed E-state index contributed by atoms with van der Waals surface area (Å²) >= 11 is 0.823. The van der Waals surface area contributed by atoms with Gasteiger partial charge in [-0.25, -0.2) is 13.1 Å². The summed E-state index contributed by atoms with van der Waals surface area (Å²) in [6.45, 7) is 1.74. The molecule has 1 aromatic heterocycles. The molecule has 0 bridgehead atoms. The van der Waals surface area contributed by atoms with E-state index in [9.17, 15) is 8.42 Å². The number of anilines is 1. The van der Waals surface area contributed by atoms with Crippen molar-refractivity contribution >= 4 is 26.5 Å². The molecular weight excluding hydrogens is 300 g/mol. The fraction of sp³-hybridized carbons (Fsp3) is 0.273. The Hall–Kier alpha value is -1.71. The van der Waals surface area contributed by atoms with Crippen LogP contribution < -0.4 is 15.2 Å². The van der Waals surface area contributed by atoms with E-state index in [1.165, 1.54) is 0 Å². The van der Waals surface area contributed by atoms with Crippen LogP contribution >= 0.6 is 11.3 Å². The van der Waals surface area contributed by atoms with Crippen molar-refractivity contribution in [1.82, 2.24) is 14.9 Å². The third kappa shape index (κ3) is 3.24. The van der Waals surface area contributed by atoms with Crippen LogP contribution in [0.5, 0.6) is 5.75 Å². The molecule has 2 rings (SSSR count). The third-order valence-corrected chi connectivity index (χ3v) is 5.26. The molecule has 0 spiro atoms.